The van der Waals surface area contributed by atoms with Gasteiger partial charge in [0.25, 0.3) is 0 Å². The monoisotopic (exact) mass is 499 g/mol. The van der Waals surface area contributed by atoms with Gasteiger partial charge in [-0.05, 0) is 84.8 Å². The summed E-state index contributed by atoms with van der Waals surface area (Å²) in [6.45, 7) is 0.657. The molecule has 4 aromatic rings. The molecule has 37 heavy (non-hydrogen) atoms. The summed E-state index contributed by atoms with van der Waals surface area (Å²) in [6, 6.07) is 14.7. The third-order valence-corrected chi connectivity index (χ3v) is 6.80. The number of carbonyl (C=O) groups excluding carboxylic acids is 1. The number of aromatic carboxylic acids is 1. The highest BCUT2D eigenvalue weighted by atomic mass is 16.6. The maximum Gasteiger partial charge on any atom is 0.411 e. The van der Waals surface area contributed by atoms with Crippen LogP contribution >= 0.6 is 0 Å². The molecule has 2 aromatic carbocycles. The largest absolute Gasteiger partial charge is 0.496 e. The zero-order valence-corrected chi connectivity index (χ0v) is 20.6. The van der Waals surface area contributed by atoms with Gasteiger partial charge < -0.3 is 19.1 Å². The molecule has 1 fully saturated rings. The number of nitrogens with one attached hydrogen (secondary N) is 1. The number of benzene rings is 2. The Kier molecular flexibility index (Phi) is 7.07. The van der Waals surface area contributed by atoms with Crippen molar-refractivity contribution in [3.05, 3.63) is 89.4 Å². The van der Waals surface area contributed by atoms with E-state index in [1.165, 1.54) is 7.11 Å². The lowest BCUT2D eigenvalue weighted by Gasteiger charge is -2.13. The van der Waals surface area contributed by atoms with Gasteiger partial charge >= 0.3 is 12.1 Å². The summed E-state index contributed by atoms with van der Waals surface area (Å²) in [5.41, 5.74) is 4.86. The van der Waals surface area contributed by atoms with Crippen molar-refractivity contribution < 1.29 is 24.2 Å². The van der Waals surface area contributed by atoms with Crippen LogP contribution in [0.1, 0.15) is 52.7 Å². The summed E-state index contributed by atoms with van der Waals surface area (Å²) in [4.78, 5) is 28.0. The number of nitrogens with zero attached hydrogens (tertiary/aromatic N) is 2. The van der Waals surface area contributed by atoms with Crippen molar-refractivity contribution in [1.29, 1.82) is 0 Å². The number of aromatic nitrogens is 2. The van der Waals surface area contributed by atoms with Gasteiger partial charge in [-0.3, -0.25) is 10.3 Å². The van der Waals surface area contributed by atoms with Gasteiger partial charge in [0, 0.05) is 48.1 Å². The van der Waals surface area contributed by atoms with Gasteiger partial charge in [0.2, 0.25) is 0 Å². The van der Waals surface area contributed by atoms with Crippen LogP contribution in [0.25, 0.3) is 10.9 Å². The van der Waals surface area contributed by atoms with Crippen LogP contribution in [-0.4, -0.2) is 39.9 Å². The number of hydrogen-bond donors (Lipinski definition) is 2. The highest BCUT2D eigenvalue weighted by molar-refractivity contribution is 5.92. The van der Waals surface area contributed by atoms with Gasteiger partial charge in [-0.1, -0.05) is 6.07 Å². The molecule has 1 aliphatic rings. The first-order valence-corrected chi connectivity index (χ1v) is 12.4. The molecule has 2 N–H and O–H groups in total. The number of amides is 1. The van der Waals surface area contributed by atoms with E-state index in [1.807, 2.05) is 30.3 Å². The van der Waals surface area contributed by atoms with Crippen LogP contribution in [0.3, 0.4) is 0 Å². The lowest BCUT2D eigenvalue weighted by molar-refractivity contribution is 0.0696. The molecular weight excluding hydrogens is 470 g/mol. The van der Waals surface area contributed by atoms with Crippen molar-refractivity contribution in [2.24, 2.45) is 0 Å². The minimum Gasteiger partial charge on any atom is -0.496 e. The van der Waals surface area contributed by atoms with Crippen LogP contribution in [0, 0.1) is 0 Å². The smallest absolute Gasteiger partial charge is 0.411 e. The van der Waals surface area contributed by atoms with E-state index in [0.29, 0.717) is 24.4 Å². The standard InChI is InChI=1S/C29H29N3O5/c1-36-27-15-21(28(33)34)7-6-20(27)14-22-18-32(17-19-10-12-30-13-11-19)26-9-8-23(16-25(22)26)31-29(35)37-24-4-2-3-5-24/h6-13,15-16,18,24H,2-5,14,17H2,1H3,(H,31,35)(H,33,34). The summed E-state index contributed by atoms with van der Waals surface area (Å²) in [7, 11) is 1.54. The van der Waals surface area contributed by atoms with Crippen LogP contribution in [0.4, 0.5) is 10.5 Å². The maximum atomic E-state index is 12.5. The summed E-state index contributed by atoms with van der Waals surface area (Å²) < 4.78 is 13.2. The topological polar surface area (TPSA) is 103 Å². The molecule has 0 saturated heterocycles. The molecule has 2 aromatic heterocycles. The van der Waals surface area contributed by atoms with Crippen molar-refractivity contribution in [3.63, 3.8) is 0 Å². The van der Waals surface area contributed by atoms with Crippen molar-refractivity contribution >= 4 is 28.7 Å². The first-order valence-electron chi connectivity index (χ1n) is 12.4. The van der Waals surface area contributed by atoms with E-state index in [2.05, 4.69) is 21.1 Å². The molecule has 8 nitrogen and oxygen atoms in total. The predicted molar refractivity (Wildman–Crippen MR) is 140 cm³/mol. The fraction of sp³-hybridized carbons (Fsp3) is 0.276. The van der Waals surface area contributed by atoms with Crippen molar-refractivity contribution in [3.8, 4) is 5.75 Å². The Labute approximate surface area is 214 Å². The van der Waals surface area contributed by atoms with E-state index in [4.69, 9.17) is 9.47 Å². The zero-order valence-electron chi connectivity index (χ0n) is 20.6. The Morgan fingerprint density at radius 2 is 1.84 bits per heavy atom. The molecule has 0 unspecified atom stereocenters. The quantitative estimate of drug-likeness (QED) is 0.314. The lowest BCUT2D eigenvalue weighted by atomic mass is 10.0. The van der Waals surface area contributed by atoms with Gasteiger partial charge in [-0.15, -0.1) is 0 Å². The van der Waals surface area contributed by atoms with E-state index in [1.54, 1.807) is 30.6 Å². The number of pyridine rings is 1. The Bertz CT molecular complexity index is 1420. The number of anilines is 1. The summed E-state index contributed by atoms with van der Waals surface area (Å²) in [5, 5.41) is 13.2. The second-order valence-electron chi connectivity index (χ2n) is 9.31. The molecule has 5 rings (SSSR count). The maximum absolute atomic E-state index is 12.5. The molecule has 0 radical (unpaired) electrons. The average Bonchev–Trinajstić information content (AvgIpc) is 3.52. The lowest BCUT2D eigenvalue weighted by Crippen LogP contribution is -2.20. The van der Waals surface area contributed by atoms with E-state index in [0.717, 1.165) is 53.3 Å². The number of ether oxygens (including phenoxy) is 2. The second kappa shape index (κ2) is 10.7. The Morgan fingerprint density at radius 3 is 2.57 bits per heavy atom. The molecule has 1 saturated carbocycles. The number of rotatable bonds is 8. The molecule has 0 aliphatic heterocycles. The highest BCUT2D eigenvalue weighted by Crippen LogP contribution is 2.31. The Hall–Kier alpha value is -4.33. The molecule has 1 amide bonds. The zero-order chi connectivity index (χ0) is 25.8. The predicted octanol–water partition coefficient (Wildman–Crippen LogP) is 5.87. The average molecular weight is 500 g/mol. The fourth-order valence-corrected chi connectivity index (χ4v) is 4.94. The van der Waals surface area contributed by atoms with Crippen LogP contribution in [0.2, 0.25) is 0 Å². The molecule has 0 spiro atoms. The third kappa shape index (κ3) is 5.58. The van der Waals surface area contributed by atoms with Crippen LogP contribution < -0.4 is 10.1 Å². The first-order chi connectivity index (χ1) is 18.0. The van der Waals surface area contributed by atoms with Crippen LogP contribution in [0.5, 0.6) is 5.75 Å². The van der Waals surface area contributed by atoms with E-state index in [9.17, 15) is 14.7 Å². The molecule has 0 atom stereocenters. The molecule has 8 heteroatoms. The number of methoxy groups -OCH3 is 1. The van der Waals surface area contributed by atoms with Crippen LogP contribution in [0.15, 0.2) is 67.1 Å². The van der Waals surface area contributed by atoms with E-state index < -0.39 is 12.1 Å². The van der Waals surface area contributed by atoms with Crippen molar-refractivity contribution in [2.45, 2.75) is 44.8 Å². The molecule has 1 aliphatic carbocycles. The number of fused-ring (bicyclic) bond motifs is 1. The van der Waals surface area contributed by atoms with Gasteiger partial charge in [0.05, 0.1) is 12.7 Å². The van der Waals surface area contributed by atoms with Gasteiger partial charge in [0.1, 0.15) is 11.9 Å². The second-order valence-corrected chi connectivity index (χ2v) is 9.31. The number of carbonyl (C=O) groups is 2. The SMILES string of the molecule is COc1cc(C(=O)O)ccc1Cc1cn(Cc2ccncc2)c2ccc(NC(=O)OC3CCCC3)cc12. The number of hydrogen-bond acceptors (Lipinski definition) is 5. The normalized spacial score (nSPS) is 13.5. The van der Waals surface area contributed by atoms with E-state index >= 15 is 0 Å². The first kappa shape index (κ1) is 24.4. The minimum atomic E-state index is -1.00. The Balaban J connectivity index is 1.48. The number of carboxylic acids is 1. The number of carboxylic acid groups (broad SMARTS) is 1. The van der Waals surface area contributed by atoms with Gasteiger partial charge in [-0.2, -0.15) is 0 Å². The summed E-state index contributed by atoms with van der Waals surface area (Å²) in [6.07, 6.45) is 9.73. The summed E-state index contributed by atoms with van der Waals surface area (Å²) >= 11 is 0. The van der Waals surface area contributed by atoms with Crippen molar-refractivity contribution in [2.75, 3.05) is 12.4 Å². The molecule has 2 heterocycles. The molecule has 190 valence electrons. The fourth-order valence-electron chi connectivity index (χ4n) is 4.94. The third-order valence-electron chi connectivity index (χ3n) is 6.80. The minimum absolute atomic E-state index is 0.0121. The van der Waals surface area contributed by atoms with Crippen molar-refractivity contribution in [1.82, 2.24) is 9.55 Å². The molecular formula is C29H29N3O5. The summed E-state index contributed by atoms with van der Waals surface area (Å²) in [5.74, 6) is -0.483. The highest BCUT2D eigenvalue weighted by Gasteiger charge is 2.20. The van der Waals surface area contributed by atoms with Gasteiger partial charge in [0.15, 0.2) is 0 Å². The van der Waals surface area contributed by atoms with E-state index in [-0.39, 0.29) is 11.7 Å². The van der Waals surface area contributed by atoms with Gasteiger partial charge in [-0.25, -0.2) is 9.59 Å². The van der Waals surface area contributed by atoms with Crippen LogP contribution in [-0.2, 0) is 17.7 Å². The Morgan fingerprint density at radius 1 is 1.05 bits per heavy atom. The molecule has 0 bridgehead atoms.